The van der Waals surface area contributed by atoms with E-state index in [0.29, 0.717) is 5.69 Å². The SMILES string of the molecule is CCS(=O)(=O)c1ccccc1NC(=O)C(C)(C)CCl. The van der Waals surface area contributed by atoms with Crippen LogP contribution in [0.3, 0.4) is 0 Å². The highest BCUT2D eigenvalue weighted by atomic mass is 35.5. The summed E-state index contributed by atoms with van der Waals surface area (Å²) in [7, 11) is -3.37. The predicted octanol–water partition coefficient (Wildman–Crippen LogP) is 2.68. The molecule has 0 bridgehead atoms. The van der Waals surface area contributed by atoms with E-state index in [-0.39, 0.29) is 22.4 Å². The average molecular weight is 304 g/mol. The number of nitrogens with one attached hydrogen (secondary N) is 1. The van der Waals surface area contributed by atoms with Crippen LogP contribution >= 0.6 is 11.6 Å². The molecule has 0 atom stereocenters. The van der Waals surface area contributed by atoms with Crippen LogP contribution in [0.5, 0.6) is 0 Å². The third-order valence-corrected chi connectivity index (χ3v) is 5.25. The Hall–Kier alpha value is -1.07. The van der Waals surface area contributed by atoms with E-state index in [0.717, 1.165) is 0 Å². The average Bonchev–Trinajstić information content (AvgIpc) is 2.39. The first-order valence-electron chi connectivity index (χ1n) is 5.94. The second-order valence-corrected chi connectivity index (χ2v) is 7.39. The maximum atomic E-state index is 12.0. The molecular formula is C13H18ClNO3S. The van der Waals surface area contributed by atoms with Crippen LogP contribution in [0.1, 0.15) is 20.8 Å². The lowest BCUT2D eigenvalue weighted by Crippen LogP contribution is -2.32. The highest BCUT2D eigenvalue weighted by Gasteiger charge is 2.28. The maximum absolute atomic E-state index is 12.0. The fourth-order valence-corrected chi connectivity index (χ4v) is 2.52. The predicted molar refractivity (Wildman–Crippen MR) is 77.3 cm³/mol. The Labute approximate surface area is 119 Å². The molecule has 19 heavy (non-hydrogen) atoms. The van der Waals surface area contributed by atoms with Gasteiger partial charge in [0.15, 0.2) is 9.84 Å². The zero-order chi connectivity index (χ0) is 14.7. The normalized spacial score (nSPS) is 12.2. The summed E-state index contributed by atoms with van der Waals surface area (Å²) in [5.74, 6) is -0.165. The fourth-order valence-electron chi connectivity index (χ4n) is 1.35. The zero-order valence-corrected chi connectivity index (χ0v) is 12.8. The molecule has 0 unspecified atom stereocenters. The first kappa shape index (κ1) is 16.0. The number of para-hydroxylation sites is 1. The van der Waals surface area contributed by atoms with E-state index in [4.69, 9.17) is 11.6 Å². The third-order valence-electron chi connectivity index (χ3n) is 2.80. The van der Waals surface area contributed by atoms with Crippen LogP contribution in [0.25, 0.3) is 0 Å². The summed E-state index contributed by atoms with van der Waals surface area (Å²) in [5, 5.41) is 2.64. The van der Waals surface area contributed by atoms with Gasteiger partial charge in [0.1, 0.15) is 0 Å². The third kappa shape index (κ3) is 3.70. The summed E-state index contributed by atoms with van der Waals surface area (Å²) in [6.07, 6.45) is 0. The van der Waals surface area contributed by atoms with Crippen LogP contribution in [0.2, 0.25) is 0 Å². The number of sulfone groups is 1. The number of benzene rings is 1. The molecule has 0 fully saturated rings. The summed E-state index contributed by atoms with van der Waals surface area (Å²) in [5.41, 5.74) is -0.461. The van der Waals surface area contributed by atoms with Crippen LogP contribution in [-0.4, -0.2) is 26.0 Å². The second kappa shape index (κ2) is 5.92. The number of hydrogen-bond donors (Lipinski definition) is 1. The minimum atomic E-state index is -3.37. The van der Waals surface area contributed by atoms with Gasteiger partial charge in [-0.05, 0) is 26.0 Å². The van der Waals surface area contributed by atoms with Gasteiger partial charge in [-0.15, -0.1) is 11.6 Å². The van der Waals surface area contributed by atoms with E-state index in [1.807, 2.05) is 0 Å². The summed E-state index contributed by atoms with van der Waals surface area (Å²) in [6.45, 7) is 4.97. The van der Waals surface area contributed by atoms with Crippen molar-refractivity contribution in [2.45, 2.75) is 25.7 Å². The number of anilines is 1. The number of carbonyl (C=O) groups excluding carboxylic acids is 1. The van der Waals surface area contributed by atoms with Gasteiger partial charge in [-0.2, -0.15) is 0 Å². The van der Waals surface area contributed by atoms with Crippen LogP contribution in [0.15, 0.2) is 29.2 Å². The topological polar surface area (TPSA) is 63.2 Å². The number of amides is 1. The van der Waals surface area contributed by atoms with E-state index in [1.54, 1.807) is 39.0 Å². The quantitative estimate of drug-likeness (QED) is 0.851. The van der Waals surface area contributed by atoms with Gasteiger partial charge in [-0.3, -0.25) is 4.79 Å². The summed E-state index contributed by atoms with van der Waals surface area (Å²) < 4.78 is 23.9. The summed E-state index contributed by atoms with van der Waals surface area (Å²) >= 11 is 5.73. The molecule has 1 aromatic carbocycles. The van der Waals surface area contributed by atoms with Crippen molar-refractivity contribution in [3.8, 4) is 0 Å². The molecule has 0 aliphatic heterocycles. The molecule has 1 aromatic rings. The number of alkyl halides is 1. The van der Waals surface area contributed by atoms with Crippen LogP contribution in [0, 0.1) is 5.41 Å². The standard InChI is InChI=1S/C13H18ClNO3S/c1-4-19(17,18)11-8-6-5-7-10(11)15-12(16)13(2,3)9-14/h5-8H,4,9H2,1-3H3,(H,15,16). The highest BCUT2D eigenvalue weighted by molar-refractivity contribution is 7.91. The molecule has 1 rings (SSSR count). The minimum Gasteiger partial charge on any atom is -0.324 e. The van der Waals surface area contributed by atoms with Crippen molar-refractivity contribution < 1.29 is 13.2 Å². The molecule has 0 saturated carbocycles. The molecule has 0 heterocycles. The molecule has 4 nitrogen and oxygen atoms in total. The van der Waals surface area contributed by atoms with Gasteiger partial charge in [0.05, 0.1) is 21.8 Å². The van der Waals surface area contributed by atoms with E-state index in [2.05, 4.69) is 5.32 Å². The smallest absolute Gasteiger partial charge is 0.231 e. The van der Waals surface area contributed by atoms with Gasteiger partial charge < -0.3 is 5.32 Å². The molecule has 1 amide bonds. The Morgan fingerprint density at radius 3 is 2.42 bits per heavy atom. The lowest BCUT2D eigenvalue weighted by molar-refractivity contribution is -0.122. The van der Waals surface area contributed by atoms with E-state index < -0.39 is 15.3 Å². The maximum Gasteiger partial charge on any atom is 0.231 e. The van der Waals surface area contributed by atoms with Crippen molar-refractivity contribution in [2.24, 2.45) is 5.41 Å². The number of halogens is 1. The lowest BCUT2D eigenvalue weighted by Gasteiger charge is -2.21. The first-order valence-corrected chi connectivity index (χ1v) is 8.12. The zero-order valence-electron chi connectivity index (χ0n) is 11.2. The van der Waals surface area contributed by atoms with Crippen LogP contribution < -0.4 is 5.32 Å². The van der Waals surface area contributed by atoms with Gasteiger partial charge in [-0.25, -0.2) is 8.42 Å². The Balaban J connectivity index is 3.14. The van der Waals surface area contributed by atoms with Gasteiger partial charge in [0.25, 0.3) is 0 Å². The Morgan fingerprint density at radius 1 is 1.32 bits per heavy atom. The highest BCUT2D eigenvalue weighted by Crippen LogP contribution is 2.25. The Kier molecular flexibility index (Phi) is 4.98. The monoisotopic (exact) mass is 303 g/mol. The van der Waals surface area contributed by atoms with Crippen molar-refractivity contribution in [1.29, 1.82) is 0 Å². The Bertz CT molecular complexity index is 567. The number of hydrogen-bond acceptors (Lipinski definition) is 3. The van der Waals surface area contributed by atoms with Crippen molar-refractivity contribution in [3.05, 3.63) is 24.3 Å². The van der Waals surface area contributed by atoms with Crippen molar-refractivity contribution in [2.75, 3.05) is 16.9 Å². The number of carbonyl (C=O) groups is 1. The van der Waals surface area contributed by atoms with E-state index in [9.17, 15) is 13.2 Å². The van der Waals surface area contributed by atoms with Gasteiger partial charge in [-0.1, -0.05) is 19.1 Å². The fraction of sp³-hybridized carbons (Fsp3) is 0.462. The summed E-state index contributed by atoms with van der Waals surface area (Å²) in [4.78, 5) is 12.2. The molecule has 1 N–H and O–H groups in total. The molecule has 106 valence electrons. The summed E-state index contributed by atoms with van der Waals surface area (Å²) in [6, 6.07) is 6.37. The molecule has 0 aliphatic rings. The molecule has 0 spiro atoms. The van der Waals surface area contributed by atoms with Crippen LogP contribution in [-0.2, 0) is 14.6 Å². The largest absolute Gasteiger partial charge is 0.324 e. The van der Waals surface area contributed by atoms with E-state index >= 15 is 0 Å². The molecule has 0 aliphatic carbocycles. The Morgan fingerprint density at radius 2 is 1.89 bits per heavy atom. The second-order valence-electron chi connectivity index (χ2n) is 4.87. The molecular weight excluding hydrogens is 286 g/mol. The van der Waals surface area contributed by atoms with Crippen LogP contribution in [0.4, 0.5) is 5.69 Å². The molecule has 6 heteroatoms. The minimum absolute atomic E-state index is 0.0151. The van der Waals surface area contributed by atoms with Crippen molar-refractivity contribution in [1.82, 2.24) is 0 Å². The lowest BCUT2D eigenvalue weighted by atomic mass is 9.95. The molecule has 0 saturated heterocycles. The van der Waals surface area contributed by atoms with Gasteiger partial charge >= 0.3 is 0 Å². The van der Waals surface area contributed by atoms with Gasteiger partial charge in [0.2, 0.25) is 5.91 Å². The molecule has 0 radical (unpaired) electrons. The van der Waals surface area contributed by atoms with Crippen molar-refractivity contribution in [3.63, 3.8) is 0 Å². The first-order chi connectivity index (χ1) is 8.74. The van der Waals surface area contributed by atoms with Gasteiger partial charge in [0, 0.05) is 5.88 Å². The van der Waals surface area contributed by atoms with E-state index in [1.165, 1.54) is 6.07 Å². The van der Waals surface area contributed by atoms with Crippen molar-refractivity contribution >= 4 is 33.0 Å². The number of rotatable bonds is 5. The molecule has 0 aromatic heterocycles.